The fraction of sp³-hybridized carbons (Fsp3) is 0.222. The van der Waals surface area contributed by atoms with E-state index in [4.69, 9.17) is 19.4 Å². The minimum atomic E-state index is -0.0796. The van der Waals surface area contributed by atoms with Crippen LogP contribution in [0.4, 0.5) is 11.5 Å². The number of anilines is 2. The Balaban J connectivity index is 1.27. The van der Waals surface area contributed by atoms with Crippen molar-refractivity contribution in [2.24, 2.45) is 4.99 Å². The maximum Gasteiger partial charge on any atom is 0.260 e. The highest BCUT2D eigenvalue weighted by Crippen LogP contribution is 2.37. The van der Waals surface area contributed by atoms with Crippen LogP contribution in [0.25, 0.3) is 33.4 Å². The molecule has 1 N–H and O–H groups in total. The Morgan fingerprint density at radius 2 is 1.64 bits per heavy atom. The van der Waals surface area contributed by atoms with Gasteiger partial charge in [0.15, 0.2) is 23.9 Å². The number of carbonyl (C=O) groups is 1. The van der Waals surface area contributed by atoms with Crippen LogP contribution in [-0.2, 0) is 11.3 Å². The number of rotatable bonds is 8. The fourth-order valence-corrected chi connectivity index (χ4v) is 5.70. The van der Waals surface area contributed by atoms with E-state index in [9.17, 15) is 4.79 Å². The summed E-state index contributed by atoms with van der Waals surface area (Å²) in [4.78, 5) is 31.4. The summed E-state index contributed by atoms with van der Waals surface area (Å²) in [5.41, 5.74) is 6.93. The molecule has 226 valence electrons. The SMILES string of the molecule is COc1cc2nc(-c3cccc(-c4ccccc4)c3)nc(Nc3ccc4c(c3)C=NC4)c2cc1OCC(=O)N1CCN(C)CC1. The molecule has 4 aromatic carbocycles. The summed E-state index contributed by atoms with van der Waals surface area (Å²) in [6.45, 7) is 3.69. The van der Waals surface area contributed by atoms with E-state index in [1.807, 2.05) is 59.6 Å². The number of aromatic nitrogens is 2. The number of fused-ring (bicyclic) bond motifs is 2. The molecule has 7 rings (SSSR count). The van der Waals surface area contributed by atoms with Crippen LogP contribution >= 0.6 is 0 Å². The van der Waals surface area contributed by atoms with Crippen molar-refractivity contribution in [3.8, 4) is 34.0 Å². The predicted octanol–water partition coefficient (Wildman–Crippen LogP) is 5.80. The third-order valence-electron chi connectivity index (χ3n) is 8.32. The minimum Gasteiger partial charge on any atom is -0.493 e. The monoisotopic (exact) mass is 598 g/mol. The summed E-state index contributed by atoms with van der Waals surface area (Å²) in [5, 5.41) is 4.27. The zero-order chi connectivity index (χ0) is 30.8. The van der Waals surface area contributed by atoms with E-state index in [0.29, 0.717) is 48.3 Å². The molecule has 2 aliphatic heterocycles. The summed E-state index contributed by atoms with van der Waals surface area (Å²) in [6.07, 6.45) is 1.90. The lowest BCUT2D eigenvalue weighted by molar-refractivity contribution is -0.134. The molecule has 2 aliphatic rings. The molecule has 0 bridgehead atoms. The molecule has 1 saturated heterocycles. The molecule has 1 aromatic heterocycles. The van der Waals surface area contributed by atoms with E-state index in [1.165, 1.54) is 5.56 Å². The van der Waals surface area contributed by atoms with Crippen molar-refractivity contribution >= 4 is 34.5 Å². The van der Waals surface area contributed by atoms with Gasteiger partial charge in [-0.3, -0.25) is 9.79 Å². The number of methoxy groups -OCH3 is 1. The molecule has 0 spiro atoms. The van der Waals surface area contributed by atoms with Crippen molar-refractivity contribution in [2.75, 3.05) is 52.3 Å². The van der Waals surface area contributed by atoms with Gasteiger partial charge in [-0.15, -0.1) is 0 Å². The molecule has 0 aliphatic carbocycles. The minimum absolute atomic E-state index is 0.0479. The Morgan fingerprint density at radius 3 is 2.47 bits per heavy atom. The first kappa shape index (κ1) is 28.5. The van der Waals surface area contributed by atoms with Crippen molar-refractivity contribution in [1.82, 2.24) is 19.8 Å². The van der Waals surface area contributed by atoms with Gasteiger partial charge in [-0.25, -0.2) is 9.97 Å². The van der Waals surface area contributed by atoms with Crippen LogP contribution in [0.15, 0.2) is 89.9 Å². The molecule has 1 amide bonds. The van der Waals surface area contributed by atoms with Crippen molar-refractivity contribution in [3.63, 3.8) is 0 Å². The summed E-state index contributed by atoms with van der Waals surface area (Å²) in [5.74, 6) is 2.10. The third-order valence-corrected chi connectivity index (χ3v) is 8.32. The number of benzene rings is 4. The molecule has 0 saturated carbocycles. The molecular formula is C36H34N6O3. The lowest BCUT2D eigenvalue weighted by Crippen LogP contribution is -2.48. The molecule has 0 radical (unpaired) electrons. The highest BCUT2D eigenvalue weighted by molar-refractivity contribution is 5.95. The summed E-state index contributed by atoms with van der Waals surface area (Å²) in [7, 11) is 3.65. The molecule has 45 heavy (non-hydrogen) atoms. The van der Waals surface area contributed by atoms with Crippen LogP contribution in [0.5, 0.6) is 11.5 Å². The van der Waals surface area contributed by atoms with Gasteiger partial charge in [0, 0.05) is 55.1 Å². The molecule has 1 fully saturated rings. The van der Waals surface area contributed by atoms with Gasteiger partial charge in [-0.2, -0.15) is 0 Å². The zero-order valence-corrected chi connectivity index (χ0v) is 25.4. The first-order valence-corrected chi connectivity index (χ1v) is 15.1. The Labute approximate surface area is 262 Å². The van der Waals surface area contributed by atoms with Crippen LogP contribution in [0.2, 0.25) is 0 Å². The summed E-state index contributed by atoms with van der Waals surface area (Å²) >= 11 is 0. The average molecular weight is 599 g/mol. The number of carbonyl (C=O) groups excluding carboxylic acids is 1. The van der Waals surface area contributed by atoms with Crippen molar-refractivity contribution in [1.29, 1.82) is 0 Å². The van der Waals surface area contributed by atoms with Crippen LogP contribution in [0.3, 0.4) is 0 Å². The van der Waals surface area contributed by atoms with Gasteiger partial charge in [0.05, 0.1) is 19.2 Å². The van der Waals surface area contributed by atoms with E-state index < -0.39 is 0 Å². The Kier molecular flexibility index (Phi) is 7.83. The topological polar surface area (TPSA) is 92.2 Å². The lowest BCUT2D eigenvalue weighted by Gasteiger charge is -2.32. The quantitative estimate of drug-likeness (QED) is 0.241. The number of aliphatic imine (C=N–C) groups is 1. The molecule has 9 heteroatoms. The van der Waals surface area contributed by atoms with E-state index >= 15 is 0 Å². The first-order valence-electron chi connectivity index (χ1n) is 15.1. The van der Waals surface area contributed by atoms with E-state index in [-0.39, 0.29) is 12.5 Å². The van der Waals surface area contributed by atoms with Gasteiger partial charge in [0.2, 0.25) is 0 Å². The molecule has 0 atom stereocenters. The zero-order valence-electron chi connectivity index (χ0n) is 25.4. The number of likely N-dealkylation sites (N-methyl/N-ethyl adjacent to an activating group) is 1. The van der Waals surface area contributed by atoms with Crippen LogP contribution in [0, 0.1) is 0 Å². The molecule has 9 nitrogen and oxygen atoms in total. The third kappa shape index (κ3) is 6.07. The second-order valence-corrected chi connectivity index (χ2v) is 11.3. The van der Waals surface area contributed by atoms with Gasteiger partial charge in [0.25, 0.3) is 5.91 Å². The number of nitrogens with one attached hydrogen (secondary N) is 1. The van der Waals surface area contributed by atoms with Crippen LogP contribution in [0.1, 0.15) is 11.1 Å². The van der Waals surface area contributed by atoms with Gasteiger partial charge in [-0.05, 0) is 53.6 Å². The highest BCUT2D eigenvalue weighted by atomic mass is 16.5. The lowest BCUT2D eigenvalue weighted by atomic mass is 10.0. The number of hydrogen-bond donors (Lipinski definition) is 1. The van der Waals surface area contributed by atoms with Gasteiger partial charge >= 0.3 is 0 Å². The van der Waals surface area contributed by atoms with Crippen molar-refractivity contribution in [3.05, 3.63) is 96.1 Å². The fourth-order valence-electron chi connectivity index (χ4n) is 5.70. The second-order valence-electron chi connectivity index (χ2n) is 11.3. The molecule has 3 heterocycles. The maximum atomic E-state index is 13.0. The Hall–Kier alpha value is -5.28. The molecular weight excluding hydrogens is 564 g/mol. The molecule has 0 unspecified atom stereocenters. The number of amides is 1. The van der Waals surface area contributed by atoms with Crippen LogP contribution in [-0.4, -0.2) is 78.8 Å². The summed E-state index contributed by atoms with van der Waals surface area (Å²) < 4.78 is 11.8. The normalized spacial score (nSPS) is 14.4. The number of piperazine rings is 1. The largest absolute Gasteiger partial charge is 0.493 e. The number of hydrogen-bond acceptors (Lipinski definition) is 8. The van der Waals surface area contributed by atoms with Gasteiger partial charge < -0.3 is 24.6 Å². The van der Waals surface area contributed by atoms with Crippen LogP contribution < -0.4 is 14.8 Å². The molecule has 5 aromatic rings. The highest BCUT2D eigenvalue weighted by Gasteiger charge is 2.21. The second kappa shape index (κ2) is 12.4. The Bertz CT molecular complexity index is 1900. The van der Waals surface area contributed by atoms with E-state index in [0.717, 1.165) is 46.4 Å². The number of nitrogens with zero attached hydrogens (tertiary/aromatic N) is 5. The van der Waals surface area contributed by atoms with Gasteiger partial charge in [0.1, 0.15) is 5.82 Å². The van der Waals surface area contributed by atoms with Gasteiger partial charge in [-0.1, -0.05) is 54.6 Å². The predicted molar refractivity (Wildman–Crippen MR) is 178 cm³/mol. The smallest absolute Gasteiger partial charge is 0.260 e. The Morgan fingerprint density at radius 1 is 0.844 bits per heavy atom. The van der Waals surface area contributed by atoms with Crippen molar-refractivity contribution < 1.29 is 14.3 Å². The van der Waals surface area contributed by atoms with E-state index in [2.05, 4.69) is 58.7 Å². The summed E-state index contributed by atoms with van der Waals surface area (Å²) in [6, 6.07) is 28.4. The maximum absolute atomic E-state index is 13.0. The van der Waals surface area contributed by atoms with Crippen molar-refractivity contribution in [2.45, 2.75) is 6.54 Å². The standard InChI is InChI=1S/C36H34N6O3/c1-41-13-15-42(16-14-41)34(43)23-45-33-19-30-31(20-32(33)44-2)39-35(26-10-6-9-25(17-26)24-7-4-3-5-8-24)40-36(30)38-29-12-11-27-21-37-22-28(27)18-29/h3-12,17-20,22H,13-16,21,23H2,1-2H3,(H,38,39,40). The number of ether oxygens (including phenoxy) is 2. The first-order chi connectivity index (χ1) is 22.0. The average Bonchev–Trinajstić information content (AvgIpc) is 3.55. The van der Waals surface area contributed by atoms with E-state index in [1.54, 1.807) is 7.11 Å².